The first-order chi connectivity index (χ1) is 12.7. The highest BCUT2D eigenvalue weighted by atomic mass is 35.5. The molecule has 1 N–H and O–H groups in total. The van der Waals surface area contributed by atoms with Gasteiger partial charge in [0.25, 0.3) is 11.6 Å². The van der Waals surface area contributed by atoms with Crippen molar-refractivity contribution in [1.29, 1.82) is 0 Å². The van der Waals surface area contributed by atoms with E-state index in [0.29, 0.717) is 6.07 Å². The van der Waals surface area contributed by atoms with Crippen LogP contribution in [0.3, 0.4) is 0 Å². The molecular formula is C17H13ClF2N2O5. The van der Waals surface area contributed by atoms with E-state index in [4.69, 9.17) is 16.3 Å². The number of esters is 1. The van der Waals surface area contributed by atoms with Gasteiger partial charge in [-0.1, -0.05) is 17.7 Å². The molecule has 0 radical (unpaired) electrons. The largest absolute Gasteiger partial charge is 0.452 e. The molecule has 2 rings (SSSR count). The summed E-state index contributed by atoms with van der Waals surface area (Å²) in [5, 5.41) is 12.8. The summed E-state index contributed by atoms with van der Waals surface area (Å²) in [5.41, 5.74) is -0.383. The van der Waals surface area contributed by atoms with Gasteiger partial charge in [0.15, 0.2) is 6.61 Å². The predicted octanol–water partition coefficient (Wildman–Crippen LogP) is 3.56. The van der Waals surface area contributed by atoms with Crippen molar-refractivity contribution < 1.29 is 28.0 Å². The summed E-state index contributed by atoms with van der Waals surface area (Å²) in [4.78, 5) is 33.8. The lowest BCUT2D eigenvalue weighted by Crippen LogP contribution is -2.31. The third-order valence-corrected chi connectivity index (χ3v) is 3.84. The van der Waals surface area contributed by atoms with Crippen LogP contribution < -0.4 is 5.32 Å². The molecule has 2 aromatic rings. The van der Waals surface area contributed by atoms with Crippen molar-refractivity contribution in [3.8, 4) is 0 Å². The molecule has 0 aliphatic rings. The molecule has 142 valence electrons. The van der Waals surface area contributed by atoms with Crippen molar-refractivity contribution in [3.63, 3.8) is 0 Å². The number of rotatable bonds is 6. The molecule has 2 aromatic carbocycles. The number of nitrogens with one attached hydrogen (secondary N) is 1. The molecule has 27 heavy (non-hydrogen) atoms. The number of carbonyl (C=O) groups is 2. The molecular weight excluding hydrogens is 386 g/mol. The molecule has 0 bridgehead atoms. The average molecular weight is 399 g/mol. The first-order valence-electron chi connectivity index (χ1n) is 7.54. The second-order valence-electron chi connectivity index (χ2n) is 5.45. The van der Waals surface area contributed by atoms with Crippen LogP contribution in [0.15, 0.2) is 36.4 Å². The fourth-order valence-electron chi connectivity index (χ4n) is 2.21. The summed E-state index contributed by atoms with van der Waals surface area (Å²) in [6, 6.07) is 5.31. The quantitative estimate of drug-likeness (QED) is 0.455. The van der Waals surface area contributed by atoms with Crippen molar-refractivity contribution in [1.82, 2.24) is 5.32 Å². The maximum absolute atomic E-state index is 13.7. The highest BCUT2D eigenvalue weighted by molar-refractivity contribution is 6.33. The van der Waals surface area contributed by atoms with Gasteiger partial charge in [-0.05, 0) is 19.1 Å². The molecule has 0 saturated heterocycles. The Morgan fingerprint density at radius 1 is 1.26 bits per heavy atom. The molecule has 0 unspecified atom stereocenters. The maximum Gasteiger partial charge on any atom is 0.340 e. The zero-order chi connectivity index (χ0) is 20.1. The number of amides is 1. The Bertz CT molecular complexity index is 907. The molecule has 7 nitrogen and oxygen atoms in total. The van der Waals surface area contributed by atoms with E-state index in [1.54, 1.807) is 0 Å². The number of nitro groups is 1. The van der Waals surface area contributed by atoms with Gasteiger partial charge in [-0.15, -0.1) is 0 Å². The standard InChI is InChI=1S/C17H13ClF2N2O5/c1-9(12-4-2-10(19)6-15(12)20)21-16(23)8-27-17(24)13-5-3-11(22(25)26)7-14(13)18/h2-7,9H,8H2,1H3,(H,21,23)/t9-/m1/s1. The van der Waals surface area contributed by atoms with E-state index in [2.05, 4.69) is 5.32 Å². The van der Waals surface area contributed by atoms with Gasteiger partial charge < -0.3 is 10.1 Å². The zero-order valence-electron chi connectivity index (χ0n) is 13.9. The SMILES string of the molecule is C[C@@H](NC(=O)COC(=O)c1ccc([N+](=O)[O-])cc1Cl)c1ccc(F)cc1F. The van der Waals surface area contributed by atoms with Crippen molar-refractivity contribution in [2.24, 2.45) is 0 Å². The molecule has 1 atom stereocenters. The van der Waals surface area contributed by atoms with Gasteiger partial charge in [-0.2, -0.15) is 0 Å². The minimum atomic E-state index is -0.953. The van der Waals surface area contributed by atoms with Crippen molar-refractivity contribution in [3.05, 3.63) is 74.3 Å². The Morgan fingerprint density at radius 3 is 2.56 bits per heavy atom. The number of carbonyl (C=O) groups excluding carboxylic acids is 2. The number of halogens is 3. The summed E-state index contributed by atoms with van der Waals surface area (Å²) >= 11 is 5.80. The van der Waals surface area contributed by atoms with Crippen LogP contribution in [-0.2, 0) is 9.53 Å². The van der Waals surface area contributed by atoms with Gasteiger partial charge in [-0.3, -0.25) is 14.9 Å². The molecule has 0 aromatic heterocycles. The first kappa shape index (κ1) is 20.2. The van der Waals surface area contributed by atoms with Crippen LogP contribution in [0.1, 0.15) is 28.9 Å². The number of non-ortho nitro benzene ring substituents is 1. The van der Waals surface area contributed by atoms with E-state index in [1.165, 1.54) is 13.0 Å². The fourth-order valence-corrected chi connectivity index (χ4v) is 2.46. The summed E-state index contributed by atoms with van der Waals surface area (Å²) in [6.45, 7) is 0.794. The topological polar surface area (TPSA) is 98.5 Å². The fraction of sp³-hybridized carbons (Fsp3) is 0.176. The Hall–Kier alpha value is -3.07. The van der Waals surface area contributed by atoms with E-state index in [1.807, 2.05) is 0 Å². The average Bonchev–Trinajstić information content (AvgIpc) is 2.59. The van der Waals surface area contributed by atoms with E-state index in [-0.39, 0.29) is 21.8 Å². The molecule has 1 amide bonds. The van der Waals surface area contributed by atoms with Gasteiger partial charge in [-0.25, -0.2) is 13.6 Å². The van der Waals surface area contributed by atoms with Gasteiger partial charge in [0.2, 0.25) is 0 Å². The second-order valence-corrected chi connectivity index (χ2v) is 5.86. The molecule has 0 aliphatic carbocycles. The molecule has 0 fully saturated rings. The van der Waals surface area contributed by atoms with E-state index in [0.717, 1.165) is 24.3 Å². The Kier molecular flexibility index (Phi) is 6.40. The van der Waals surface area contributed by atoms with E-state index < -0.39 is 41.1 Å². The third-order valence-electron chi connectivity index (χ3n) is 3.52. The first-order valence-corrected chi connectivity index (χ1v) is 7.92. The minimum absolute atomic E-state index is 0.0643. The highest BCUT2D eigenvalue weighted by Crippen LogP contribution is 2.23. The van der Waals surface area contributed by atoms with Crippen LogP contribution in [-0.4, -0.2) is 23.4 Å². The summed E-state index contributed by atoms with van der Waals surface area (Å²) in [7, 11) is 0. The number of ether oxygens (including phenoxy) is 1. The van der Waals surface area contributed by atoms with Crippen LogP contribution >= 0.6 is 11.6 Å². The van der Waals surface area contributed by atoms with Crippen molar-refractivity contribution in [2.45, 2.75) is 13.0 Å². The van der Waals surface area contributed by atoms with Gasteiger partial charge in [0.1, 0.15) is 11.6 Å². The lowest BCUT2D eigenvalue weighted by atomic mass is 10.1. The summed E-state index contributed by atoms with van der Waals surface area (Å²) < 4.78 is 31.4. The molecule has 0 aliphatic heterocycles. The Balaban J connectivity index is 1.95. The summed E-state index contributed by atoms with van der Waals surface area (Å²) in [5.74, 6) is -3.25. The van der Waals surface area contributed by atoms with Gasteiger partial charge in [0.05, 0.1) is 21.6 Å². The maximum atomic E-state index is 13.7. The third kappa shape index (κ3) is 5.20. The summed E-state index contributed by atoms with van der Waals surface area (Å²) in [6.07, 6.45) is 0. The van der Waals surface area contributed by atoms with Crippen molar-refractivity contribution in [2.75, 3.05) is 6.61 Å². The molecule has 10 heteroatoms. The highest BCUT2D eigenvalue weighted by Gasteiger charge is 2.19. The van der Waals surface area contributed by atoms with Crippen molar-refractivity contribution >= 4 is 29.2 Å². The van der Waals surface area contributed by atoms with Gasteiger partial charge >= 0.3 is 5.97 Å². The van der Waals surface area contributed by atoms with Crippen LogP contribution in [0.5, 0.6) is 0 Å². The van der Waals surface area contributed by atoms with E-state index >= 15 is 0 Å². The molecule has 0 saturated carbocycles. The lowest BCUT2D eigenvalue weighted by Gasteiger charge is -2.15. The van der Waals surface area contributed by atoms with Crippen LogP contribution in [0.25, 0.3) is 0 Å². The predicted molar refractivity (Wildman–Crippen MR) is 91.3 cm³/mol. The number of hydrogen-bond donors (Lipinski definition) is 1. The molecule has 0 spiro atoms. The number of nitro benzene ring substituents is 1. The number of nitrogens with zero attached hydrogens (tertiary/aromatic N) is 1. The molecule has 0 heterocycles. The Morgan fingerprint density at radius 2 is 1.96 bits per heavy atom. The Labute approximate surface area is 157 Å². The van der Waals surface area contributed by atoms with Crippen LogP contribution in [0.4, 0.5) is 14.5 Å². The number of hydrogen-bond acceptors (Lipinski definition) is 5. The lowest BCUT2D eigenvalue weighted by molar-refractivity contribution is -0.384. The smallest absolute Gasteiger partial charge is 0.340 e. The van der Waals surface area contributed by atoms with Gasteiger partial charge in [0, 0.05) is 23.8 Å². The minimum Gasteiger partial charge on any atom is -0.452 e. The monoisotopic (exact) mass is 398 g/mol. The normalized spacial score (nSPS) is 11.6. The van der Waals surface area contributed by atoms with Crippen LogP contribution in [0, 0.1) is 21.7 Å². The zero-order valence-corrected chi connectivity index (χ0v) is 14.6. The second kappa shape index (κ2) is 8.54. The number of benzene rings is 2. The van der Waals surface area contributed by atoms with Crippen LogP contribution in [0.2, 0.25) is 5.02 Å². The van der Waals surface area contributed by atoms with E-state index in [9.17, 15) is 28.5 Å².